The van der Waals surface area contributed by atoms with E-state index in [9.17, 15) is 4.79 Å². The number of likely N-dealkylation sites (tertiary alicyclic amines) is 1. The number of amides is 1. The summed E-state index contributed by atoms with van der Waals surface area (Å²) in [5.74, 6) is 1.28. The van der Waals surface area contributed by atoms with Crippen LogP contribution in [0.15, 0.2) is 53.7 Å². The maximum absolute atomic E-state index is 12.6. The van der Waals surface area contributed by atoms with Gasteiger partial charge in [-0.05, 0) is 50.5 Å². The van der Waals surface area contributed by atoms with Crippen LogP contribution in [0.4, 0.5) is 0 Å². The molecule has 1 aliphatic rings. The molecule has 0 atom stereocenters. The van der Waals surface area contributed by atoms with Crippen molar-refractivity contribution in [3.8, 4) is 17.1 Å². The number of thioether (sulfide) groups is 1. The van der Waals surface area contributed by atoms with Gasteiger partial charge in [-0.3, -0.25) is 9.36 Å². The van der Waals surface area contributed by atoms with Crippen molar-refractivity contribution in [2.75, 3.05) is 18.8 Å². The predicted molar refractivity (Wildman–Crippen MR) is 118 cm³/mol. The second-order valence-corrected chi connectivity index (χ2v) is 8.59. The van der Waals surface area contributed by atoms with Gasteiger partial charge in [0.25, 0.3) is 0 Å². The van der Waals surface area contributed by atoms with E-state index < -0.39 is 0 Å². The minimum absolute atomic E-state index is 0.164. The lowest BCUT2D eigenvalue weighted by Gasteiger charge is -2.26. The molecule has 1 fully saturated rings. The van der Waals surface area contributed by atoms with Gasteiger partial charge in [0.2, 0.25) is 5.91 Å². The number of piperidine rings is 1. The van der Waals surface area contributed by atoms with E-state index in [0.717, 1.165) is 43.0 Å². The minimum atomic E-state index is 0.164. The molecule has 0 aliphatic carbocycles. The third-order valence-corrected chi connectivity index (χ3v) is 6.23. The number of halogens is 1. The molecule has 7 heteroatoms. The maximum atomic E-state index is 12.6. The van der Waals surface area contributed by atoms with Crippen molar-refractivity contribution in [1.82, 2.24) is 19.7 Å². The first-order valence-corrected chi connectivity index (χ1v) is 11.2. The van der Waals surface area contributed by atoms with Gasteiger partial charge in [-0.1, -0.05) is 53.2 Å². The Labute approximate surface area is 180 Å². The fraction of sp³-hybridized carbons (Fsp3) is 0.318. The van der Waals surface area contributed by atoms with Gasteiger partial charge in [0.15, 0.2) is 11.0 Å². The van der Waals surface area contributed by atoms with Gasteiger partial charge in [-0.15, -0.1) is 10.2 Å². The number of aryl methyl sites for hydroxylation is 1. The Morgan fingerprint density at radius 1 is 1.00 bits per heavy atom. The van der Waals surface area contributed by atoms with Crippen LogP contribution in [-0.2, 0) is 4.79 Å². The van der Waals surface area contributed by atoms with E-state index in [4.69, 9.17) is 11.6 Å². The molecular weight excluding hydrogens is 404 g/mol. The molecular formula is C22H23ClN4OS. The van der Waals surface area contributed by atoms with E-state index >= 15 is 0 Å². The van der Waals surface area contributed by atoms with Crippen LogP contribution in [0.5, 0.6) is 0 Å². The van der Waals surface area contributed by atoms with Crippen LogP contribution in [0, 0.1) is 6.92 Å². The molecule has 1 amide bonds. The Bertz CT molecular complexity index is 979. The van der Waals surface area contributed by atoms with Crippen LogP contribution in [0.1, 0.15) is 24.8 Å². The van der Waals surface area contributed by atoms with E-state index in [-0.39, 0.29) is 5.91 Å². The van der Waals surface area contributed by atoms with Crippen LogP contribution >= 0.6 is 23.4 Å². The van der Waals surface area contributed by atoms with E-state index in [0.29, 0.717) is 15.9 Å². The van der Waals surface area contributed by atoms with Crippen molar-refractivity contribution in [1.29, 1.82) is 0 Å². The molecule has 0 unspecified atom stereocenters. The maximum Gasteiger partial charge on any atom is 0.233 e. The van der Waals surface area contributed by atoms with E-state index in [1.807, 2.05) is 45.9 Å². The standard InChI is InChI=1S/C22H23ClN4OS/c1-16-5-7-17(8-6-16)21-24-25-22(27(21)19-11-9-18(23)10-12-19)29-15-20(28)26-13-3-2-4-14-26/h5-12H,2-4,13-15H2,1H3. The molecule has 1 saturated heterocycles. The molecule has 1 aliphatic heterocycles. The Hall–Kier alpha value is -2.31. The first-order chi connectivity index (χ1) is 14.1. The highest BCUT2D eigenvalue weighted by atomic mass is 35.5. The summed E-state index contributed by atoms with van der Waals surface area (Å²) in [6.45, 7) is 3.77. The number of carbonyl (C=O) groups excluding carboxylic acids is 1. The van der Waals surface area contributed by atoms with Gasteiger partial charge in [0.1, 0.15) is 0 Å². The predicted octanol–water partition coefficient (Wildman–Crippen LogP) is 5.00. The molecule has 2 heterocycles. The molecule has 0 spiro atoms. The third-order valence-electron chi connectivity index (χ3n) is 5.06. The Balaban J connectivity index is 1.63. The van der Waals surface area contributed by atoms with Crippen LogP contribution < -0.4 is 0 Å². The SMILES string of the molecule is Cc1ccc(-c2nnc(SCC(=O)N3CCCCC3)n2-c2ccc(Cl)cc2)cc1. The zero-order valence-corrected chi connectivity index (χ0v) is 17.9. The number of benzene rings is 2. The lowest BCUT2D eigenvalue weighted by atomic mass is 10.1. The molecule has 150 valence electrons. The summed E-state index contributed by atoms with van der Waals surface area (Å²) in [4.78, 5) is 14.6. The fourth-order valence-corrected chi connectivity index (χ4v) is 4.42. The Morgan fingerprint density at radius 2 is 1.69 bits per heavy atom. The summed E-state index contributed by atoms with van der Waals surface area (Å²) in [6.07, 6.45) is 3.39. The van der Waals surface area contributed by atoms with Crippen molar-refractivity contribution in [2.45, 2.75) is 31.3 Å². The van der Waals surface area contributed by atoms with Crippen LogP contribution in [-0.4, -0.2) is 44.4 Å². The van der Waals surface area contributed by atoms with E-state index in [1.54, 1.807) is 0 Å². The van der Waals surface area contributed by atoms with Gasteiger partial charge in [-0.2, -0.15) is 0 Å². The molecule has 0 saturated carbocycles. The number of carbonyl (C=O) groups is 1. The molecule has 0 N–H and O–H groups in total. The zero-order valence-electron chi connectivity index (χ0n) is 16.3. The highest BCUT2D eigenvalue weighted by Crippen LogP contribution is 2.29. The first kappa shape index (κ1) is 20.0. The van der Waals surface area contributed by atoms with Crippen molar-refractivity contribution < 1.29 is 4.79 Å². The summed E-state index contributed by atoms with van der Waals surface area (Å²) < 4.78 is 2.00. The van der Waals surface area contributed by atoms with Gasteiger partial charge in [0, 0.05) is 29.4 Å². The second-order valence-electron chi connectivity index (χ2n) is 7.21. The van der Waals surface area contributed by atoms with Crippen LogP contribution in [0.3, 0.4) is 0 Å². The molecule has 0 bridgehead atoms. The molecule has 2 aromatic carbocycles. The summed E-state index contributed by atoms with van der Waals surface area (Å²) >= 11 is 7.51. The number of hydrogen-bond donors (Lipinski definition) is 0. The van der Waals surface area contributed by atoms with Crippen LogP contribution in [0.2, 0.25) is 5.02 Å². The molecule has 5 nitrogen and oxygen atoms in total. The quantitative estimate of drug-likeness (QED) is 0.538. The van der Waals surface area contributed by atoms with Crippen molar-refractivity contribution in [3.63, 3.8) is 0 Å². The lowest BCUT2D eigenvalue weighted by molar-refractivity contribution is -0.129. The molecule has 0 radical (unpaired) electrons. The molecule has 1 aromatic heterocycles. The fourth-order valence-electron chi connectivity index (χ4n) is 3.44. The van der Waals surface area contributed by atoms with Crippen molar-refractivity contribution >= 4 is 29.3 Å². The normalized spacial score (nSPS) is 14.2. The minimum Gasteiger partial charge on any atom is -0.342 e. The van der Waals surface area contributed by atoms with E-state index in [2.05, 4.69) is 29.3 Å². The first-order valence-electron chi connectivity index (χ1n) is 9.81. The number of aromatic nitrogens is 3. The van der Waals surface area contributed by atoms with Gasteiger partial charge in [-0.25, -0.2) is 0 Å². The summed E-state index contributed by atoms with van der Waals surface area (Å²) in [6, 6.07) is 15.8. The monoisotopic (exact) mass is 426 g/mol. The zero-order chi connectivity index (χ0) is 20.2. The highest BCUT2D eigenvalue weighted by molar-refractivity contribution is 7.99. The van der Waals surface area contributed by atoms with Crippen LogP contribution in [0.25, 0.3) is 17.1 Å². The molecule has 4 rings (SSSR count). The van der Waals surface area contributed by atoms with E-state index in [1.165, 1.54) is 23.7 Å². The highest BCUT2D eigenvalue weighted by Gasteiger charge is 2.20. The lowest BCUT2D eigenvalue weighted by Crippen LogP contribution is -2.36. The largest absolute Gasteiger partial charge is 0.342 e. The number of nitrogens with zero attached hydrogens (tertiary/aromatic N) is 4. The van der Waals surface area contributed by atoms with Gasteiger partial charge >= 0.3 is 0 Å². The Morgan fingerprint density at radius 3 is 2.38 bits per heavy atom. The summed E-state index contributed by atoms with van der Waals surface area (Å²) in [7, 11) is 0. The average molecular weight is 427 g/mol. The average Bonchev–Trinajstić information content (AvgIpc) is 3.17. The topological polar surface area (TPSA) is 51.0 Å². The third kappa shape index (κ3) is 4.65. The second kappa shape index (κ2) is 9.01. The summed E-state index contributed by atoms with van der Waals surface area (Å²) in [5.41, 5.74) is 3.09. The molecule has 29 heavy (non-hydrogen) atoms. The van der Waals surface area contributed by atoms with Crippen molar-refractivity contribution in [3.05, 3.63) is 59.1 Å². The van der Waals surface area contributed by atoms with Gasteiger partial charge < -0.3 is 4.90 Å². The number of rotatable bonds is 5. The smallest absolute Gasteiger partial charge is 0.233 e. The number of hydrogen-bond acceptors (Lipinski definition) is 4. The van der Waals surface area contributed by atoms with Crippen molar-refractivity contribution in [2.24, 2.45) is 0 Å². The van der Waals surface area contributed by atoms with Gasteiger partial charge in [0.05, 0.1) is 5.75 Å². The Kier molecular flexibility index (Phi) is 6.21. The molecule has 3 aromatic rings. The summed E-state index contributed by atoms with van der Waals surface area (Å²) in [5, 5.41) is 10.2.